The van der Waals surface area contributed by atoms with Crippen molar-refractivity contribution in [3.8, 4) is 11.5 Å². The van der Waals surface area contributed by atoms with E-state index in [9.17, 15) is 18.0 Å². The molecule has 1 aliphatic heterocycles. The van der Waals surface area contributed by atoms with Crippen molar-refractivity contribution in [2.24, 2.45) is 0 Å². The van der Waals surface area contributed by atoms with Crippen molar-refractivity contribution in [2.75, 3.05) is 30.3 Å². The number of anilines is 1. The molecule has 0 bridgehead atoms. The molecule has 1 aliphatic rings. The molecule has 2 aromatic rings. The van der Waals surface area contributed by atoms with Crippen LogP contribution < -0.4 is 19.1 Å². The third-order valence-electron chi connectivity index (χ3n) is 5.76. The van der Waals surface area contributed by atoms with E-state index in [1.807, 2.05) is 44.2 Å². The van der Waals surface area contributed by atoms with Crippen molar-refractivity contribution in [3.63, 3.8) is 0 Å². The Balaban J connectivity index is 1.72. The first-order chi connectivity index (χ1) is 17.1. The number of benzene rings is 2. The number of fused-ring (bicyclic) bond motifs is 1. The van der Waals surface area contributed by atoms with Gasteiger partial charge in [0.15, 0.2) is 11.5 Å². The summed E-state index contributed by atoms with van der Waals surface area (Å²) < 4.78 is 37.5. The number of nitrogens with one attached hydrogen (secondary N) is 1. The molecular weight excluding hydrogens is 482 g/mol. The molecule has 0 fully saturated rings. The number of carbonyl (C=O) groups is 2. The normalized spacial score (nSPS) is 13.7. The van der Waals surface area contributed by atoms with Gasteiger partial charge in [0, 0.05) is 31.6 Å². The van der Waals surface area contributed by atoms with Gasteiger partial charge >= 0.3 is 0 Å². The summed E-state index contributed by atoms with van der Waals surface area (Å²) in [5.74, 6) is 0.602. The Kier molecular flexibility index (Phi) is 9.19. The lowest BCUT2D eigenvalue weighted by Gasteiger charge is -2.30. The summed E-state index contributed by atoms with van der Waals surface area (Å²) in [5.41, 5.74) is 1.35. The molecule has 0 aromatic heterocycles. The molecule has 2 aromatic carbocycles. The minimum atomic E-state index is -3.61. The molecule has 1 N–H and O–H groups in total. The number of rotatable bonds is 11. The summed E-state index contributed by atoms with van der Waals surface area (Å²) in [6.07, 6.45) is 1.50. The predicted octanol–water partition coefficient (Wildman–Crippen LogP) is 2.95. The number of hydrogen-bond donors (Lipinski definition) is 1. The third kappa shape index (κ3) is 7.36. The highest BCUT2D eigenvalue weighted by Crippen LogP contribution is 2.34. The van der Waals surface area contributed by atoms with Crippen LogP contribution in [0.3, 0.4) is 0 Å². The van der Waals surface area contributed by atoms with Crippen LogP contribution in [0.25, 0.3) is 0 Å². The van der Waals surface area contributed by atoms with E-state index in [1.54, 1.807) is 30.0 Å². The van der Waals surface area contributed by atoms with Crippen LogP contribution in [-0.4, -0.2) is 63.2 Å². The molecule has 0 saturated heterocycles. The molecule has 0 aliphatic carbocycles. The van der Waals surface area contributed by atoms with Gasteiger partial charge < -0.3 is 19.7 Å². The Morgan fingerprint density at radius 3 is 2.31 bits per heavy atom. The summed E-state index contributed by atoms with van der Waals surface area (Å²) in [6, 6.07) is 13.7. The zero-order chi connectivity index (χ0) is 26.3. The van der Waals surface area contributed by atoms with Crippen molar-refractivity contribution >= 4 is 27.5 Å². The van der Waals surface area contributed by atoms with Crippen LogP contribution in [0.1, 0.15) is 39.2 Å². The van der Waals surface area contributed by atoms with Crippen LogP contribution in [0.2, 0.25) is 0 Å². The third-order valence-corrected chi connectivity index (χ3v) is 6.95. The van der Waals surface area contributed by atoms with Gasteiger partial charge in [0.05, 0.1) is 11.9 Å². The second kappa shape index (κ2) is 12.1. The highest BCUT2D eigenvalue weighted by atomic mass is 32.2. The molecule has 1 unspecified atom stereocenters. The van der Waals surface area contributed by atoms with Crippen LogP contribution in [-0.2, 0) is 26.2 Å². The Morgan fingerprint density at radius 2 is 1.67 bits per heavy atom. The quantitative estimate of drug-likeness (QED) is 0.491. The zero-order valence-electron chi connectivity index (χ0n) is 21.3. The summed E-state index contributed by atoms with van der Waals surface area (Å²) in [6.45, 7) is 6.66. The predicted molar refractivity (Wildman–Crippen MR) is 139 cm³/mol. The van der Waals surface area contributed by atoms with Crippen LogP contribution in [0.4, 0.5) is 5.69 Å². The first-order valence-electron chi connectivity index (χ1n) is 12.1. The van der Waals surface area contributed by atoms with Crippen molar-refractivity contribution in [1.29, 1.82) is 0 Å². The Morgan fingerprint density at radius 1 is 1.00 bits per heavy atom. The van der Waals surface area contributed by atoms with E-state index < -0.39 is 16.1 Å². The van der Waals surface area contributed by atoms with Gasteiger partial charge in [-0.1, -0.05) is 30.3 Å². The average Bonchev–Trinajstić information content (AvgIpc) is 2.83. The van der Waals surface area contributed by atoms with Crippen molar-refractivity contribution in [2.45, 2.75) is 52.2 Å². The monoisotopic (exact) mass is 517 g/mol. The molecule has 1 heterocycles. The average molecular weight is 518 g/mol. The maximum atomic E-state index is 13.3. The van der Waals surface area contributed by atoms with Gasteiger partial charge in [0.2, 0.25) is 21.8 Å². The number of nitrogens with zero attached hydrogens (tertiary/aromatic N) is 2. The van der Waals surface area contributed by atoms with Gasteiger partial charge in [-0.2, -0.15) is 0 Å². The Bertz CT molecular complexity index is 1150. The van der Waals surface area contributed by atoms with Crippen LogP contribution in [0, 0.1) is 0 Å². The molecule has 3 rings (SSSR count). The maximum Gasteiger partial charge on any atom is 0.242 e. The smallest absolute Gasteiger partial charge is 0.242 e. The first kappa shape index (κ1) is 27.3. The van der Waals surface area contributed by atoms with Gasteiger partial charge in [-0.05, 0) is 44.9 Å². The van der Waals surface area contributed by atoms with E-state index in [4.69, 9.17) is 9.47 Å². The molecule has 196 valence electrons. The summed E-state index contributed by atoms with van der Waals surface area (Å²) in [4.78, 5) is 27.5. The SMILES string of the molecule is CC(C)NC(=O)C(C)N(Cc1ccccc1)C(=O)CCCN(c1ccc2c(c1)OCCO2)S(C)(=O)=O. The molecule has 1 atom stereocenters. The van der Waals surface area contributed by atoms with Gasteiger partial charge in [0.1, 0.15) is 19.3 Å². The number of amides is 2. The largest absolute Gasteiger partial charge is 0.486 e. The second-order valence-corrected chi connectivity index (χ2v) is 11.0. The van der Waals surface area contributed by atoms with Crippen LogP contribution in [0.5, 0.6) is 11.5 Å². The van der Waals surface area contributed by atoms with E-state index >= 15 is 0 Å². The molecular formula is C26H35N3O6S. The van der Waals surface area contributed by atoms with E-state index in [-0.39, 0.29) is 43.8 Å². The van der Waals surface area contributed by atoms with E-state index in [0.29, 0.717) is 30.4 Å². The van der Waals surface area contributed by atoms with Gasteiger partial charge in [-0.15, -0.1) is 0 Å². The molecule has 10 heteroatoms. The van der Waals surface area contributed by atoms with Gasteiger partial charge in [-0.3, -0.25) is 13.9 Å². The Hall–Kier alpha value is -3.27. The molecule has 36 heavy (non-hydrogen) atoms. The second-order valence-electron chi connectivity index (χ2n) is 9.11. The highest BCUT2D eigenvalue weighted by Gasteiger charge is 2.27. The fraction of sp³-hybridized carbons (Fsp3) is 0.462. The van der Waals surface area contributed by atoms with Crippen molar-refractivity contribution in [1.82, 2.24) is 10.2 Å². The molecule has 9 nitrogen and oxygen atoms in total. The standard InChI is InChI=1S/C26H35N3O6S/c1-19(2)27-26(31)20(3)28(18-21-9-6-5-7-10-21)25(30)11-8-14-29(36(4,32)33)22-12-13-23-24(17-22)35-16-15-34-23/h5-7,9-10,12-13,17,19-20H,8,11,14-16,18H2,1-4H3,(H,27,31). The van der Waals surface area contributed by atoms with Gasteiger partial charge in [-0.25, -0.2) is 8.42 Å². The van der Waals surface area contributed by atoms with Crippen molar-refractivity contribution in [3.05, 3.63) is 54.1 Å². The van der Waals surface area contributed by atoms with E-state index in [0.717, 1.165) is 11.8 Å². The maximum absolute atomic E-state index is 13.3. The molecule has 0 radical (unpaired) electrons. The fourth-order valence-corrected chi connectivity index (χ4v) is 4.92. The number of hydrogen-bond acceptors (Lipinski definition) is 6. The number of ether oxygens (including phenoxy) is 2. The molecule has 0 saturated carbocycles. The Labute approximate surface area is 213 Å². The van der Waals surface area contributed by atoms with Crippen LogP contribution >= 0.6 is 0 Å². The lowest BCUT2D eigenvalue weighted by molar-refractivity contribution is -0.140. The first-order valence-corrected chi connectivity index (χ1v) is 13.9. The lowest BCUT2D eigenvalue weighted by atomic mass is 10.1. The fourth-order valence-electron chi connectivity index (χ4n) is 3.96. The van der Waals surface area contributed by atoms with E-state index in [2.05, 4.69) is 5.32 Å². The highest BCUT2D eigenvalue weighted by molar-refractivity contribution is 7.92. The van der Waals surface area contributed by atoms with Crippen LogP contribution in [0.15, 0.2) is 48.5 Å². The summed E-state index contributed by atoms with van der Waals surface area (Å²) >= 11 is 0. The van der Waals surface area contributed by atoms with Crippen molar-refractivity contribution < 1.29 is 27.5 Å². The minimum Gasteiger partial charge on any atom is -0.486 e. The molecule has 2 amide bonds. The van der Waals surface area contributed by atoms with E-state index in [1.165, 1.54) is 4.31 Å². The summed E-state index contributed by atoms with van der Waals surface area (Å²) in [7, 11) is -3.61. The molecule has 0 spiro atoms. The number of sulfonamides is 1. The topological polar surface area (TPSA) is 105 Å². The number of carbonyl (C=O) groups excluding carboxylic acids is 2. The minimum absolute atomic E-state index is 0.0528. The summed E-state index contributed by atoms with van der Waals surface area (Å²) in [5, 5.41) is 2.86. The lowest BCUT2D eigenvalue weighted by Crippen LogP contribution is -2.49. The zero-order valence-corrected chi connectivity index (χ0v) is 22.1. The van der Waals surface area contributed by atoms with Gasteiger partial charge in [0.25, 0.3) is 0 Å².